The third-order valence-corrected chi connectivity index (χ3v) is 5.01. The molecule has 0 fully saturated rings. The van der Waals surface area contributed by atoms with Crippen molar-refractivity contribution >= 4 is 0 Å². The molecule has 1 N–H and O–H groups in total. The van der Waals surface area contributed by atoms with Crippen LogP contribution in [0.1, 0.15) is 136 Å². The number of hydrogen-bond donors (Lipinski definition) is 1. The minimum Gasteiger partial charge on any atom is -0.380 e. The van der Waals surface area contributed by atoms with E-state index in [4.69, 9.17) is 0 Å². The fraction of sp³-hybridized carbons (Fsp3) is 0.917. The van der Waals surface area contributed by atoms with Crippen LogP contribution in [0.5, 0.6) is 0 Å². The maximum atomic E-state index is 9.86. The Labute approximate surface area is 159 Å². The van der Waals surface area contributed by atoms with Gasteiger partial charge in [0.15, 0.2) is 0 Å². The van der Waals surface area contributed by atoms with E-state index in [0.717, 1.165) is 19.3 Å². The topological polar surface area (TPSA) is 20.2 Å². The lowest BCUT2D eigenvalue weighted by Gasteiger charge is -2.03. The molecule has 0 spiro atoms. The van der Waals surface area contributed by atoms with Gasteiger partial charge in [-0.15, -0.1) is 5.92 Å². The van der Waals surface area contributed by atoms with E-state index >= 15 is 0 Å². The number of aliphatic hydroxyl groups excluding tert-OH is 1. The fourth-order valence-electron chi connectivity index (χ4n) is 3.26. The lowest BCUT2D eigenvalue weighted by molar-refractivity contribution is 0.217. The molecular formula is C24H46O. The highest BCUT2D eigenvalue weighted by molar-refractivity contribution is 5.04. The summed E-state index contributed by atoms with van der Waals surface area (Å²) in [4.78, 5) is 0. The second-order valence-electron chi connectivity index (χ2n) is 7.68. The Balaban J connectivity index is 3.24. The summed E-state index contributed by atoms with van der Waals surface area (Å²) < 4.78 is 0. The molecular weight excluding hydrogens is 304 g/mol. The van der Waals surface area contributed by atoms with E-state index in [1.165, 1.54) is 103 Å². The molecule has 0 bridgehead atoms. The number of unbranched alkanes of at least 4 members (excludes halogenated alkanes) is 16. The lowest BCUT2D eigenvalue weighted by Crippen LogP contribution is -2.02. The zero-order valence-corrected chi connectivity index (χ0v) is 17.5. The highest BCUT2D eigenvalue weighted by atomic mass is 16.3. The predicted molar refractivity (Wildman–Crippen MR) is 113 cm³/mol. The van der Waals surface area contributed by atoms with E-state index in [1.807, 2.05) is 0 Å². The summed E-state index contributed by atoms with van der Waals surface area (Å²) in [7, 11) is 0. The van der Waals surface area contributed by atoms with Gasteiger partial charge < -0.3 is 5.11 Å². The van der Waals surface area contributed by atoms with Gasteiger partial charge in [-0.2, -0.15) is 0 Å². The van der Waals surface area contributed by atoms with Crippen molar-refractivity contribution in [3.63, 3.8) is 0 Å². The first-order chi connectivity index (χ1) is 12.3. The van der Waals surface area contributed by atoms with Crippen LogP contribution < -0.4 is 0 Å². The van der Waals surface area contributed by atoms with Gasteiger partial charge in [0.25, 0.3) is 0 Å². The molecule has 0 radical (unpaired) electrons. The molecule has 0 aliphatic rings. The van der Waals surface area contributed by atoms with Crippen LogP contribution in [-0.4, -0.2) is 11.2 Å². The minimum atomic E-state index is -0.390. The Morgan fingerprint density at radius 3 is 1.44 bits per heavy atom. The number of rotatable bonds is 18. The van der Waals surface area contributed by atoms with E-state index in [0.29, 0.717) is 0 Å². The van der Waals surface area contributed by atoms with Crippen molar-refractivity contribution in [2.45, 2.75) is 142 Å². The molecule has 0 heterocycles. The van der Waals surface area contributed by atoms with Gasteiger partial charge in [-0.25, -0.2) is 0 Å². The first kappa shape index (κ1) is 24.5. The van der Waals surface area contributed by atoms with Crippen molar-refractivity contribution in [1.82, 2.24) is 0 Å². The van der Waals surface area contributed by atoms with Crippen LogP contribution in [0.2, 0.25) is 0 Å². The van der Waals surface area contributed by atoms with Gasteiger partial charge in [-0.05, 0) is 19.3 Å². The van der Waals surface area contributed by atoms with Crippen LogP contribution in [0.25, 0.3) is 0 Å². The monoisotopic (exact) mass is 350 g/mol. The predicted octanol–water partition coefficient (Wildman–Crippen LogP) is 7.80. The van der Waals surface area contributed by atoms with Crippen molar-refractivity contribution in [3.8, 4) is 11.8 Å². The molecule has 0 aromatic carbocycles. The summed E-state index contributed by atoms with van der Waals surface area (Å²) in [5.41, 5.74) is 0. The second kappa shape index (κ2) is 21.6. The van der Waals surface area contributed by atoms with Crippen LogP contribution in [0.3, 0.4) is 0 Å². The average Bonchev–Trinajstić information content (AvgIpc) is 2.62. The Hall–Kier alpha value is -0.480. The smallest absolute Gasteiger partial charge is 0.114 e. The minimum absolute atomic E-state index is 0.390. The van der Waals surface area contributed by atoms with Crippen molar-refractivity contribution in [2.75, 3.05) is 0 Å². The number of hydrogen-bond acceptors (Lipinski definition) is 1. The maximum absolute atomic E-state index is 9.86. The van der Waals surface area contributed by atoms with Crippen molar-refractivity contribution in [2.24, 2.45) is 0 Å². The molecule has 0 saturated carbocycles. The average molecular weight is 351 g/mol. The third-order valence-electron chi connectivity index (χ3n) is 5.01. The summed E-state index contributed by atoms with van der Waals surface area (Å²) in [5.74, 6) is 6.20. The molecule has 25 heavy (non-hydrogen) atoms. The highest BCUT2D eigenvalue weighted by Gasteiger charge is 1.98. The normalized spacial score (nSPS) is 12.0. The standard InChI is InChI=1S/C24H46O/c1-3-5-7-9-11-12-13-14-15-16-17-19-21-23-24(25)22-20-18-10-8-6-4-2/h24-25H,3-20,22H2,1-2H3. The zero-order chi connectivity index (χ0) is 18.4. The maximum Gasteiger partial charge on any atom is 0.114 e. The first-order valence-corrected chi connectivity index (χ1v) is 11.5. The van der Waals surface area contributed by atoms with Crippen molar-refractivity contribution in [3.05, 3.63) is 0 Å². The molecule has 1 unspecified atom stereocenters. The first-order valence-electron chi connectivity index (χ1n) is 11.5. The lowest BCUT2D eigenvalue weighted by atomic mass is 10.1. The third kappa shape index (κ3) is 21.5. The molecule has 148 valence electrons. The molecule has 0 aliphatic carbocycles. The Morgan fingerprint density at radius 2 is 0.960 bits per heavy atom. The molecule has 1 heteroatoms. The molecule has 0 aromatic heterocycles. The highest BCUT2D eigenvalue weighted by Crippen LogP contribution is 2.12. The van der Waals surface area contributed by atoms with E-state index in [2.05, 4.69) is 25.7 Å². The summed E-state index contributed by atoms with van der Waals surface area (Å²) in [6.07, 6.45) is 24.3. The van der Waals surface area contributed by atoms with Crippen LogP contribution >= 0.6 is 0 Å². The summed E-state index contributed by atoms with van der Waals surface area (Å²) in [5, 5.41) is 9.86. The molecule has 0 rings (SSSR count). The fourth-order valence-corrected chi connectivity index (χ4v) is 3.26. The van der Waals surface area contributed by atoms with Gasteiger partial charge in [-0.3, -0.25) is 0 Å². The van der Waals surface area contributed by atoms with Crippen LogP contribution in [0.15, 0.2) is 0 Å². The van der Waals surface area contributed by atoms with E-state index in [9.17, 15) is 5.11 Å². The van der Waals surface area contributed by atoms with Crippen LogP contribution in [-0.2, 0) is 0 Å². The molecule has 0 saturated heterocycles. The van der Waals surface area contributed by atoms with Gasteiger partial charge in [0.1, 0.15) is 6.10 Å². The molecule has 0 aliphatic heterocycles. The zero-order valence-electron chi connectivity index (χ0n) is 17.5. The molecule has 1 nitrogen and oxygen atoms in total. The van der Waals surface area contributed by atoms with Crippen LogP contribution in [0, 0.1) is 11.8 Å². The van der Waals surface area contributed by atoms with Gasteiger partial charge in [0.05, 0.1) is 0 Å². The Kier molecular flexibility index (Phi) is 21.1. The SMILES string of the molecule is CCCCCCCCCCCCCC#CC(O)CCCCCCCC. The van der Waals surface area contributed by atoms with Gasteiger partial charge in [0, 0.05) is 6.42 Å². The molecule has 0 amide bonds. The summed E-state index contributed by atoms with van der Waals surface area (Å²) >= 11 is 0. The van der Waals surface area contributed by atoms with Gasteiger partial charge in [0.2, 0.25) is 0 Å². The van der Waals surface area contributed by atoms with Gasteiger partial charge in [-0.1, -0.05) is 116 Å². The van der Waals surface area contributed by atoms with Crippen molar-refractivity contribution in [1.29, 1.82) is 0 Å². The second-order valence-corrected chi connectivity index (χ2v) is 7.68. The molecule has 1 atom stereocenters. The largest absolute Gasteiger partial charge is 0.380 e. The van der Waals surface area contributed by atoms with Gasteiger partial charge >= 0.3 is 0 Å². The Morgan fingerprint density at radius 1 is 0.560 bits per heavy atom. The van der Waals surface area contributed by atoms with Crippen molar-refractivity contribution < 1.29 is 5.11 Å². The summed E-state index contributed by atoms with van der Waals surface area (Å²) in [6.45, 7) is 4.52. The van der Waals surface area contributed by atoms with Crippen LogP contribution in [0.4, 0.5) is 0 Å². The van der Waals surface area contributed by atoms with E-state index in [-0.39, 0.29) is 6.10 Å². The van der Waals surface area contributed by atoms with E-state index < -0.39 is 0 Å². The van der Waals surface area contributed by atoms with E-state index in [1.54, 1.807) is 0 Å². The number of aliphatic hydroxyl groups is 1. The molecule has 0 aromatic rings. The summed E-state index contributed by atoms with van der Waals surface area (Å²) in [6, 6.07) is 0. The Bertz CT molecular complexity index is 299. The quantitative estimate of drug-likeness (QED) is 0.197.